The standard InChI is InChI=1S/C12H10Cl2N2O2S/c13-8-4-1-2-7-11(8)16-19(17,18)12-9(14)5-3-6-10(12)15/h1-7,16H,15H2. The zero-order valence-electron chi connectivity index (χ0n) is 9.60. The Balaban J connectivity index is 2.47. The van der Waals surface area contributed by atoms with Crippen molar-refractivity contribution in [1.29, 1.82) is 0 Å². The van der Waals surface area contributed by atoms with Crippen LogP contribution >= 0.6 is 23.2 Å². The van der Waals surface area contributed by atoms with Crippen LogP contribution in [-0.2, 0) is 10.0 Å². The van der Waals surface area contributed by atoms with Gasteiger partial charge in [0.05, 0.1) is 21.4 Å². The van der Waals surface area contributed by atoms with E-state index in [2.05, 4.69) is 4.72 Å². The van der Waals surface area contributed by atoms with E-state index in [4.69, 9.17) is 28.9 Å². The van der Waals surface area contributed by atoms with Gasteiger partial charge in [-0.2, -0.15) is 0 Å². The summed E-state index contributed by atoms with van der Waals surface area (Å²) >= 11 is 11.8. The highest BCUT2D eigenvalue weighted by molar-refractivity contribution is 7.93. The van der Waals surface area contributed by atoms with Crippen LogP contribution < -0.4 is 10.5 Å². The summed E-state index contributed by atoms with van der Waals surface area (Å²) in [6.07, 6.45) is 0. The summed E-state index contributed by atoms with van der Waals surface area (Å²) in [6.45, 7) is 0. The van der Waals surface area contributed by atoms with Gasteiger partial charge in [-0.1, -0.05) is 41.4 Å². The zero-order valence-corrected chi connectivity index (χ0v) is 11.9. The lowest BCUT2D eigenvalue weighted by atomic mass is 10.3. The van der Waals surface area contributed by atoms with Crippen molar-refractivity contribution in [3.05, 3.63) is 52.5 Å². The van der Waals surface area contributed by atoms with Crippen LogP contribution in [0.15, 0.2) is 47.4 Å². The first-order valence-electron chi connectivity index (χ1n) is 5.23. The maximum Gasteiger partial charge on any atom is 0.265 e. The summed E-state index contributed by atoms with van der Waals surface area (Å²) < 4.78 is 26.9. The first-order valence-corrected chi connectivity index (χ1v) is 7.47. The fraction of sp³-hybridized carbons (Fsp3) is 0. The number of nitrogens with two attached hydrogens (primary N) is 1. The summed E-state index contributed by atoms with van der Waals surface area (Å²) in [5.41, 5.74) is 6.01. The summed E-state index contributed by atoms with van der Waals surface area (Å²) in [4.78, 5) is -0.156. The van der Waals surface area contributed by atoms with Gasteiger partial charge in [-0.15, -0.1) is 0 Å². The van der Waals surface area contributed by atoms with Crippen molar-refractivity contribution in [2.45, 2.75) is 4.90 Å². The third-order valence-corrected chi connectivity index (χ3v) is 4.62. The number of rotatable bonds is 3. The molecule has 0 bridgehead atoms. The van der Waals surface area contributed by atoms with Gasteiger partial charge in [0.1, 0.15) is 4.90 Å². The van der Waals surface area contributed by atoms with Crippen molar-refractivity contribution in [2.75, 3.05) is 10.5 Å². The first-order chi connectivity index (χ1) is 8.92. The second-order valence-corrected chi connectivity index (χ2v) is 6.18. The molecule has 0 aliphatic carbocycles. The fourth-order valence-electron chi connectivity index (χ4n) is 1.55. The van der Waals surface area contributed by atoms with Crippen LogP contribution in [0.3, 0.4) is 0 Å². The largest absolute Gasteiger partial charge is 0.398 e. The minimum atomic E-state index is -3.89. The maximum absolute atomic E-state index is 12.3. The van der Waals surface area contributed by atoms with Gasteiger partial charge in [-0.05, 0) is 24.3 Å². The van der Waals surface area contributed by atoms with Gasteiger partial charge in [0.15, 0.2) is 0 Å². The van der Waals surface area contributed by atoms with Crippen LogP contribution in [0.5, 0.6) is 0 Å². The van der Waals surface area contributed by atoms with Crippen molar-refractivity contribution in [1.82, 2.24) is 0 Å². The van der Waals surface area contributed by atoms with Crippen LogP contribution in [0.1, 0.15) is 0 Å². The average molecular weight is 317 g/mol. The molecular weight excluding hydrogens is 307 g/mol. The quantitative estimate of drug-likeness (QED) is 0.853. The highest BCUT2D eigenvalue weighted by Gasteiger charge is 2.21. The Morgan fingerprint density at radius 2 is 1.58 bits per heavy atom. The van der Waals surface area contributed by atoms with Crippen molar-refractivity contribution < 1.29 is 8.42 Å². The van der Waals surface area contributed by atoms with Crippen LogP contribution in [0.25, 0.3) is 0 Å². The van der Waals surface area contributed by atoms with E-state index in [0.29, 0.717) is 0 Å². The molecule has 0 amide bonds. The minimum Gasteiger partial charge on any atom is -0.398 e. The maximum atomic E-state index is 12.3. The zero-order chi connectivity index (χ0) is 14.0. The lowest BCUT2D eigenvalue weighted by Gasteiger charge is -2.12. The smallest absolute Gasteiger partial charge is 0.265 e. The predicted molar refractivity (Wildman–Crippen MR) is 78.1 cm³/mol. The molecule has 0 aromatic heterocycles. The van der Waals surface area contributed by atoms with Gasteiger partial charge >= 0.3 is 0 Å². The van der Waals surface area contributed by atoms with Gasteiger partial charge in [0.25, 0.3) is 10.0 Å². The average Bonchev–Trinajstić information content (AvgIpc) is 2.31. The number of para-hydroxylation sites is 1. The van der Waals surface area contributed by atoms with Gasteiger partial charge in [-0.3, -0.25) is 4.72 Å². The van der Waals surface area contributed by atoms with Crippen molar-refractivity contribution in [2.24, 2.45) is 0 Å². The minimum absolute atomic E-state index is 0.0551. The molecule has 0 aliphatic heterocycles. The second-order valence-electron chi connectivity index (χ2n) is 3.74. The molecule has 0 atom stereocenters. The molecule has 3 N–H and O–H groups in total. The first kappa shape index (κ1) is 14.0. The lowest BCUT2D eigenvalue weighted by Crippen LogP contribution is -2.15. The van der Waals surface area contributed by atoms with Crippen LogP contribution in [0, 0.1) is 0 Å². The van der Waals surface area contributed by atoms with E-state index in [0.717, 1.165) is 0 Å². The van der Waals surface area contributed by atoms with Crippen molar-refractivity contribution in [3.63, 3.8) is 0 Å². The molecule has 0 heterocycles. The van der Waals surface area contributed by atoms with E-state index >= 15 is 0 Å². The predicted octanol–water partition coefficient (Wildman–Crippen LogP) is 3.38. The Morgan fingerprint density at radius 3 is 2.21 bits per heavy atom. The molecule has 2 aromatic rings. The van der Waals surface area contributed by atoms with Crippen LogP contribution in [0.4, 0.5) is 11.4 Å². The molecule has 0 saturated carbocycles. The summed E-state index contributed by atoms with van der Waals surface area (Å²) in [6, 6.07) is 11.0. The molecule has 0 radical (unpaired) electrons. The van der Waals surface area contributed by atoms with E-state index in [1.165, 1.54) is 12.1 Å². The Labute approximate surface area is 121 Å². The van der Waals surface area contributed by atoms with Crippen molar-refractivity contribution in [3.8, 4) is 0 Å². The molecule has 0 unspecified atom stereocenters. The number of halogens is 2. The molecular formula is C12H10Cl2N2O2S. The van der Waals surface area contributed by atoms with E-state index in [9.17, 15) is 8.42 Å². The van der Waals surface area contributed by atoms with E-state index in [1.807, 2.05) is 0 Å². The fourth-order valence-corrected chi connectivity index (χ4v) is 3.55. The molecule has 100 valence electrons. The van der Waals surface area contributed by atoms with Crippen molar-refractivity contribution >= 4 is 44.6 Å². The van der Waals surface area contributed by atoms with E-state index < -0.39 is 10.0 Å². The number of benzene rings is 2. The molecule has 4 nitrogen and oxygen atoms in total. The van der Waals surface area contributed by atoms with Gasteiger partial charge < -0.3 is 5.73 Å². The number of nitrogen functional groups attached to an aromatic ring is 1. The number of sulfonamides is 1. The van der Waals surface area contributed by atoms with E-state index in [-0.39, 0.29) is 26.3 Å². The van der Waals surface area contributed by atoms with Crippen LogP contribution in [0.2, 0.25) is 10.0 Å². The highest BCUT2D eigenvalue weighted by Crippen LogP contribution is 2.30. The molecule has 7 heteroatoms. The Hall–Kier alpha value is -1.43. The highest BCUT2D eigenvalue weighted by atomic mass is 35.5. The number of hydrogen-bond donors (Lipinski definition) is 2. The molecule has 2 aromatic carbocycles. The molecule has 0 spiro atoms. The normalized spacial score (nSPS) is 11.3. The van der Waals surface area contributed by atoms with Gasteiger partial charge in [0, 0.05) is 0 Å². The topological polar surface area (TPSA) is 72.2 Å². The molecule has 19 heavy (non-hydrogen) atoms. The SMILES string of the molecule is Nc1cccc(Cl)c1S(=O)(=O)Nc1ccccc1Cl. The Morgan fingerprint density at radius 1 is 0.947 bits per heavy atom. The van der Waals surface area contributed by atoms with Crippen LogP contribution in [-0.4, -0.2) is 8.42 Å². The molecule has 2 rings (SSSR count). The van der Waals surface area contributed by atoms with Gasteiger partial charge in [-0.25, -0.2) is 8.42 Å². The summed E-state index contributed by atoms with van der Waals surface area (Å²) in [5, 5.41) is 0.344. The number of anilines is 2. The Bertz CT molecular complexity index is 697. The lowest BCUT2D eigenvalue weighted by molar-refractivity contribution is 0.601. The third kappa shape index (κ3) is 2.94. The number of hydrogen-bond acceptors (Lipinski definition) is 3. The Kier molecular flexibility index (Phi) is 3.89. The molecule has 0 fully saturated rings. The molecule has 0 aliphatic rings. The monoisotopic (exact) mass is 316 g/mol. The van der Waals surface area contributed by atoms with E-state index in [1.54, 1.807) is 30.3 Å². The summed E-state index contributed by atoms with van der Waals surface area (Å²) in [7, 11) is -3.89. The molecule has 0 saturated heterocycles. The second kappa shape index (κ2) is 5.28. The number of nitrogens with one attached hydrogen (secondary N) is 1. The van der Waals surface area contributed by atoms with Gasteiger partial charge in [0.2, 0.25) is 0 Å². The third-order valence-electron chi connectivity index (χ3n) is 2.38. The summed E-state index contributed by atoms with van der Waals surface area (Å²) in [5.74, 6) is 0.